The minimum Gasteiger partial charge on any atom is -0.480 e. The first-order valence-corrected chi connectivity index (χ1v) is 13.7. The molecule has 0 radical (unpaired) electrons. The van der Waals surface area contributed by atoms with E-state index < -0.39 is 53.6 Å². The molecule has 4 unspecified atom stereocenters. The first-order chi connectivity index (χ1) is 17.6. The summed E-state index contributed by atoms with van der Waals surface area (Å²) in [6, 6.07) is -3.41. The Morgan fingerprint density at radius 2 is 1.26 bits per heavy atom. The summed E-state index contributed by atoms with van der Waals surface area (Å²) in [6.07, 6.45) is 2.06. The lowest BCUT2D eigenvalue weighted by atomic mass is 10.0. The molecular weight excluding hydrogens is 492 g/mol. The Labute approximate surface area is 226 Å². The number of aliphatic carboxylic acids is 1. The maximum Gasteiger partial charge on any atom is 0.408 e. The number of amides is 4. The van der Waals surface area contributed by atoms with Crippen molar-refractivity contribution in [1.29, 1.82) is 0 Å². The van der Waals surface area contributed by atoms with Crippen molar-refractivity contribution in [2.24, 2.45) is 11.8 Å². The van der Waals surface area contributed by atoms with Crippen molar-refractivity contribution in [2.75, 3.05) is 13.1 Å². The molecule has 0 aromatic carbocycles. The minimum atomic E-state index is -1.05. The average molecular weight is 539 g/mol. The van der Waals surface area contributed by atoms with Gasteiger partial charge in [0.15, 0.2) is 0 Å². The maximum absolute atomic E-state index is 13.6. The van der Waals surface area contributed by atoms with Gasteiger partial charge in [0.1, 0.15) is 29.8 Å². The van der Waals surface area contributed by atoms with Crippen molar-refractivity contribution in [3.05, 3.63) is 0 Å². The summed E-state index contributed by atoms with van der Waals surface area (Å²) in [4.78, 5) is 67.2. The molecule has 2 fully saturated rings. The van der Waals surface area contributed by atoms with E-state index in [-0.39, 0.29) is 17.7 Å². The Bertz CT molecular complexity index is 883. The lowest BCUT2D eigenvalue weighted by Crippen LogP contribution is -2.57. The van der Waals surface area contributed by atoms with Crippen LogP contribution in [0.3, 0.4) is 0 Å². The molecule has 0 aromatic rings. The van der Waals surface area contributed by atoms with Crippen LogP contribution in [-0.4, -0.2) is 87.5 Å². The van der Waals surface area contributed by atoms with E-state index in [4.69, 9.17) is 4.74 Å². The topological polar surface area (TPSA) is 145 Å². The molecule has 0 bridgehead atoms. The van der Waals surface area contributed by atoms with Crippen molar-refractivity contribution < 1.29 is 33.8 Å². The summed E-state index contributed by atoms with van der Waals surface area (Å²) in [7, 11) is 0. The van der Waals surface area contributed by atoms with Crippen LogP contribution < -0.4 is 10.6 Å². The van der Waals surface area contributed by atoms with E-state index in [1.54, 1.807) is 20.8 Å². The summed E-state index contributed by atoms with van der Waals surface area (Å²) >= 11 is 0. The molecule has 2 aliphatic heterocycles. The molecule has 0 aliphatic carbocycles. The number of likely N-dealkylation sites (tertiary alicyclic amines) is 2. The largest absolute Gasteiger partial charge is 0.480 e. The van der Waals surface area contributed by atoms with Crippen LogP contribution in [-0.2, 0) is 23.9 Å². The Kier molecular flexibility index (Phi) is 11.0. The molecule has 2 rings (SSSR count). The summed E-state index contributed by atoms with van der Waals surface area (Å²) < 4.78 is 5.34. The molecule has 4 atom stereocenters. The maximum atomic E-state index is 13.6. The molecule has 4 amide bonds. The second kappa shape index (κ2) is 13.3. The number of nitrogens with zero attached hydrogens (tertiary/aromatic N) is 2. The lowest BCUT2D eigenvalue weighted by molar-refractivity contribution is -0.150. The zero-order chi connectivity index (χ0) is 28.8. The standard InChI is InChI=1S/C27H46N4O7/c1-16(2)14-18(23(33)31-13-9-11-21(31)25(35)36)28-22(32)20-10-8-12-30(20)24(34)19(15-17(3)4)29-26(37)38-27(5,6)7/h16-21H,8-15H2,1-7H3,(H,28,32)(H,29,37)(H,35,36). The highest BCUT2D eigenvalue weighted by molar-refractivity contribution is 5.95. The number of hydrogen-bond donors (Lipinski definition) is 3. The van der Waals surface area contributed by atoms with Gasteiger partial charge in [0.25, 0.3) is 0 Å². The fraction of sp³-hybridized carbons (Fsp3) is 0.815. The van der Waals surface area contributed by atoms with E-state index in [9.17, 15) is 29.1 Å². The molecule has 38 heavy (non-hydrogen) atoms. The summed E-state index contributed by atoms with van der Waals surface area (Å²) in [5.74, 6) is -2.08. The number of alkyl carbamates (subject to hydrolysis) is 1. The number of nitrogens with one attached hydrogen (secondary N) is 2. The fourth-order valence-electron chi connectivity index (χ4n) is 5.09. The monoisotopic (exact) mass is 538 g/mol. The van der Waals surface area contributed by atoms with Crippen LogP contribution in [0, 0.1) is 11.8 Å². The van der Waals surface area contributed by atoms with Crippen molar-refractivity contribution >= 4 is 29.8 Å². The van der Waals surface area contributed by atoms with Gasteiger partial charge in [-0.15, -0.1) is 0 Å². The zero-order valence-electron chi connectivity index (χ0n) is 23.9. The number of ether oxygens (including phenoxy) is 1. The molecule has 0 saturated carbocycles. The van der Waals surface area contributed by atoms with E-state index in [1.165, 1.54) is 9.80 Å². The van der Waals surface area contributed by atoms with E-state index in [0.29, 0.717) is 51.6 Å². The first kappa shape index (κ1) is 31.4. The highest BCUT2D eigenvalue weighted by Gasteiger charge is 2.41. The molecular formula is C27H46N4O7. The summed E-state index contributed by atoms with van der Waals surface area (Å²) in [5, 5.41) is 15.0. The highest BCUT2D eigenvalue weighted by Crippen LogP contribution is 2.23. The zero-order valence-corrected chi connectivity index (χ0v) is 23.9. The van der Waals surface area contributed by atoms with Gasteiger partial charge in [0, 0.05) is 13.1 Å². The number of carbonyl (C=O) groups excluding carboxylic acids is 4. The third kappa shape index (κ3) is 8.87. The van der Waals surface area contributed by atoms with Gasteiger partial charge in [-0.1, -0.05) is 27.7 Å². The van der Waals surface area contributed by atoms with Crippen molar-refractivity contribution in [2.45, 2.75) is 117 Å². The van der Waals surface area contributed by atoms with E-state index >= 15 is 0 Å². The quantitative estimate of drug-likeness (QED) is 0.387. The van der Waals surface area contributed by atoms with E-state index in [2.05, 4.69) is 10.6 Å². The Morgan fingerprint density at radius 3 is 1.71 bits per heavy atom. The van der Waals surface area contributed by atoms with E-state index in [0.717, 1.165) is 0 Å². The summed E-state index contributed by atoms with van der Waals surface area (Å²) in [6.45, 7) is 13.6. The van der Waals surface area contributed by atoms with Crippen LogP contribution >= 0.6 is 0 Å². The predicted octanol–water partition coefficient (Wildman–Crippen LogP) is 2.52. The molecule has 11 nitrogen and oxygen atoms in total. The second-order valence-corrected chi connectivity index (χ2v) is 12.2. The number of rotatable bonds is 10. The van der Waals surface area contributed by atoms with Crippen molar-refractivity contribution in [1.82, 2.24) is 20.4 Å². The molecule has 2 heterocycles. The lowest BCUT2D eigenvalue weighted by Gasteiger charge is -2.32. The van der Waals surface area contributed by atoms with Gasteiger partial charge >= 0.3 is 12.1 Å². The van der Waals surface area contributed by atoms with Gasteiger partial charge in [-0.05, 0) is 71.1 Å². The number of carboxylic acids is 1. The van der Waals surface area contributed by atoms with Crippen molar-refractivity contribution in [3.63, 3.8) is 0 Å². The smallest absolute Gasteiger partial charge is 0.408 e. The first-order valence-electron chi connectivity index (χ1n) is 13.7. The van der Waals surface area contributed by atoms with Gasteiger partial charge in [-0.2, -0.15) is 0 Å². The molecule has 216 valence electrons. The minimum absolute atomic E-state index is 0.0740. The Morgan fingerprint density at radius 1 is 0.816 bits per heavy atom. The third-order valence-electron chi connectivity index (χ3n) is 6.68. The average Bonchev–Trinajstić information content (AvgIpc) is 3.45. The highest BCUT2D eigenvalue weighted by atomic mass is 16.6. The van der Waals surface area contributed by atoms with Gasteiger partial charge < -0.3 is 30.3 Å². The molecule has 3 N–H and O–H groups in total. The predicted molar refractivity (Wildman–Crippen MR) is 141 cm³/mol. The van der Waals surface area contributed by atoms with Gasteiger partial charge in [0.2, 0.25) is 17.7 Å². The van der Waals surface area contributed by atoms with Crippen LogP contribution in [0.2, 0.25) is 0 Å². The van der Waals surface area contributed by atoms with E-state index in [1.807, 2.05) is 27.7 Å². The molecule has 11 heteroatoms. The van der Waals surface area contributed by atoms with Gasteiger partial charge in [-0.25, -0.2) is 9.59 Å². The SMILES string of the molecule is CC(C)CC(NC(=O)C1CCCN1C(=O)C(CC(C)C)NC(=O)OC(C)(C)C)C(=O)N1CCCC1C(=O)O. The number of carboxylic acid groups (broad SMARTS) is 1. The van der Waals surface area contributed by atoms with Crippen molar-refractivity contribution in [3.8, 4) is 0 Å². The Hall–Kier alpha value is -2.85. The van der Waals surface area contributed by atoms with Crippen LogP contribution in [0.25, 0.3) is 0 Å². The van der Waals surface area contributed by atoms with Crippen LogP contribution in [0.1, 0.15) is 87.0 Å². The molecule has 2 saturated heterocycles. The summed E-state index contributed by atoms with van der Waals surface area (Å²) in [5.41, 5.74) is -0.724. The molecule has 2 aliphatic rings. The second-order valence-electron chi connectivity index (χ2n) is 12.2. The van der Waals surface area contributed by atoms with Gasteiger partial charge in [0.05, 0.1) is 0 Å². The number of hydrogen-bond acceptors (Lipinski definition) is 6. The fourth-order valence-corrected chi connectivity index (χ4v) is 5.09. The molecule has 0 aromatic heterocycles. The van der Waals surface area contributed by atoms with Crippen LogP contribution in [0.4, 0.5) is 4.79 Å². The Balaban J connectivity index is 2.18. The molecule has 0 spiro atoms. The van der Waals surface area contributed by atoms with Gasteiger partial charge in [-0.3, -0.25) is 14.4 Å². The van der Waals surface area contributed by atoms with Crippen LogP contribution in [0.15, 0.2) is 0 Å². The normalized spacial score (nSPS) is 21.4. The third-order valence-corrected chi connectivity index (χ3v) is 6.68. The van der Waals surface area contributed by atoms with Crippen LogP contribution in [0.5, 0.6) is 0 Å². The number of carbonyl (C=O) groups is 5.